The standard InChI is InChI=1S/C14H22O7/c1-9(15)20-11(17)13(3,4)7-19-8-14(5,6)12(18)21-10(2)16/h7-8H2,1-6H3. The summed E-state index contributed by atoms with van der Waals surface area (Å²) in [5, 5.41) is 0. The second-order valence-corrected chi connectivity index (χ2v) is 6.02. The summed E-state index contributed by atoms with van der Waals surface area (Å²) in [6.07, 6.45) is 0. The number of hydrogen-bond donors (Lipinski definition) is 0. The molecule has 0 rings (SSSR count). The highest BCUT2D eigenvalue weighted by Gasteiger charge is 2.35. The molecule has 0 atom stereocenters. The Bertz CT molecular complexity index is 395. The van der Waals surface area contributed by atoms with Crippen molar-refractivity contribution in [3.05, 3.63) is 0 Å². The third-order valence-corrected chi connectivity index (χ3v) is 2.50. The van der Waals surface area contributed by atoms with E-state index in [2.05, 4.69) is 9.47 Å². The van der Waals surface area contributed by atoms with Crippen LogP contribution in [0.15, 0.2) is 0 Å². The van der Waals surface area contributed by atoms with Gasteiger partial charge in [0.25, 0.3) is 0 Å². The van der Waals surface area contributed by atoms with Crippen LogP contribution in [0, 0.1) is 10.8 Å². The first-order valence-electron chi connectivity index (χ1n) is 6.42. The molecule has 7 nitrogen and oxygen atoms in total. The Balaban J connectivity index is 4.46. The van der Waals surface area contributed by atoms with Crippen LogP contribution in [0.1, 0.15) is 41.5 Å². The fraction of sp³-hybridized carbons (Fsp3) is 0.714. The van der Waals surface area contributed by atoms with Crippen LogP contribution in [0.3, 0.4) is 0 Å². The van der Waals surface area contributed by atoms with Gasteiger partial charge in [0.2, 0.25) is 0 Å². The van der Waals surface area contributed by atoms with E-state index in [1.165, 1.54) is 0 Å². The molecule has 7 heteroatoms. The molecular weight excluding hydrogens is 280 g/mol. The van der Waals surface area contributed by atoms with E-state index in [4.69, 9.17) is 4.74 Å². The summed E-state index contributed by atoms with van der Waals surface area (Å²) in [6, 6.07) is 0. The lowest BCUT2D eigenvalue weighted by Crippen LogP contribution is -2.37. The molecule has 0 aromatic rings. The van der Waals surface area contributed by atoms with Crippen molar-refractivity contribution in [2.45, 2.75) is 41.5 Å². The average Bonchev–Trinajstić information content (AvgIpc) is 2.26. The lowest BCUT2D eigenvalue weighted by atomic mass is 9.93. The normalized spacial score (nSPS) is 11.7. The van der Waals surface area contributed by atoms with Crippen LogP contribution in [0.4, 0.5) is 0 Å². The summed E-state index contributed by atoms with van der Waals surface area (Å²) in [5.41, 5.74) is -2.07. The van der Waals surface area contributed by atoms with E-state index in [-0.39, 0.29) is 13.2 Å². The maximum atomic E-state index is 11.7. The minimum Gasteiger partial charge on any atom is -0.393 e. The van der Waals surface area contributed by atoms with E-state index in [1.807, 2.05) is 0 Å². The van der Waals surface area contributed by atoms with Gasteiger partial charge in [0, 0.05) is 13.8 Å². The van der Waals surface area contributed by atoms with Crippen LogP contribution in [0.5, 0.6) is 0 Å². The molecule has 0 heterocycles. The van der Waals surface area contributed by atoms with Crippen molar-refractivity contribution in [3.63, 3.8) is 0 Å². The van der Waals surface area contributed by atoms with Crippen LogP contribution in [-0.4, -0.2) is 37.1 Å². The highest BCUT2D eigenvalue weighted by molar-refractivity contribution is 5.88. The highest BCUT2D eigenvalue weighted by Crippen LogP contribution is 2.22. The van der Waals surface area contributed by atoms with Crippen molar-refractivity contribution >= 4 is 23.9 Å². The topological polar surface area (TPSA) is 96.0 Å². The van der Waals surface area contributed by atoms with Crippen molar-refractivity contribution in [2.75, 3.05) is 13.2 Å². The molecule has 0 aliphatic heterocycles. The molecule has 0 radical (unpaired) electrons. The third kappa shape index (κ3) is 6.99. The van der Waals surface area contributed by atoms with Crippen molar-refractivity contribution < 1.29 is 33.4 Å². The van der Waals surface area contributed by atoms with Gasteiger partial charge in [0.15, 0.2) is 0 Å². The Morgan fingerprint density at radius 1 is 0.714 bits per heavy atom. The molecule has 0 saturated carbocycles. The highest BCUT2D eigenvalue weighted by atomic mass is 16.6. The molecule has 0 amide bonds. The van der Waals surface area contributed by atoms with Gasteiger partial charge in [0.05, 0.1) is 24.0 Å². The van der Waals surface area contributed by atoms with Gasteiger partial charge < -0.3 is 14.2 Å². The Morgan fingerprint density at radius 2 is 1.00 bits per heavy atom. The molecule has 0 bridgehead atoms. The largest absolute Gasteiger partial charge is 0.393 e. The van der Waals surface area contributed by atoms with Gasteiger partial charge in [-0.25, -0.2) is 0 Å². The molecule has 0 saturated heterocycles. The zero-order valence-electron chi connectivity index (χ0n) is 13.3. The fourth-order valence-corrected chi connectivity index (χ4v) is 1.22. The molecule has 120 valence electrons. The number of carbonyl (C=O) groups excluding carboxylic acids is 4. The minimum absolute atomic E-state index is 0.0457. The smallest absolute Gasteiger partial charge is 0.321 e. The number of ether oxygens (including phenoxy) is 3. The molecule has 0 N–H and O–H groups in total. The van der Waals surface area contributed by atoms with Gasteiger partial charge in [-0.05, 0) is 27.7 Å². The quantitative estimate of drug-likeness (QED) is 0.538. The molecule has 0 fully saturated rings. The Morgan fingerprint density at radius 3 is 1.24 bits per heavy atom. The monoisotopic (exact) mass is 302 g/mol. The molecule has 21 heavy (non-hydrogen) atoms. The molecule has 0 aromatic heterocycles. The minimum atomic E-state index is -1.04. The lowest BCUT2D eigenvalue weighted by Gasteiger charge is -2.25. The van der Waals surface area contributed by atoms with Crippen LogP contribution >= 0.6 is 0 Å². The second-order valence-electron chi connectivity index (χ2n) is 6.02. The van der Waals surface area contributed by atoms with Crippen LogP contribution in [-0.2, 0) is 33.4 Å². The molecule has 0 aliphatic rings. The van der Waals surface area contributed by atoms with Crippen LogP contribution in [0.25, 0.3) is 0 Å². The predicted molar refractivity (Wildman–Crippen MR) is 71.9 cm³/mol. The number of esters is 4. The summed E-state index contributed by atoms with van der Waals surface area (Å²) < 4.78 is 14.4. The summed E-state index contributed by atoms with van der Waals surface area (Å²) in [4.78, 5) is 44.8. The van der Waals surface area contributed by atoms with E-state index in [0.717, 1.165) is 13.8 Å². The molecule has 0 aromatic carbocycles. The summed E-state index contributed by atoms with van der Waals surface area (Å²) in [6.45, 7) is 8.40. The average molecular weight is 302 g/mol. The van der Waals surface area contributed by atoms with Gasteiger partial charge >= 0.3 is 23.9 Å². The SMILES string of the molecule is CC(=O)OC(=O)C(C)(C)COCC(C)(C)C(=O)OC(C)=O. The summed E-state index contributed by atoms with van der Waals surface area (Å²) in [7, 11) is 0. The molecule has 0 spiro atoms. The number of rotatable bonds is 6. The van der Waals surface area contributed by atoms with Crippen LogP contribution in [0.2, 0.25) is 0 Å². The predicted octanol–water partition coefficient (Wildman–Crippen LogP) is 1.23. The molecule has 0 aliphatic carbocycles. The van der Waals surface area contributed by atoms with Crippen molar-refractivity contribution in [1.82, 2.24) is 0 Å². The first kappa shape index (κ1) is 19.2. The van der Waals surface area contributed by atoms with E-state index >= 15 is 0 Å². The van der Waals surface area contributed by atoms with E-state index in [1.54, 1.807) is 27.7 Å². The van der Waals surface area contributed by atoms with Gasteiger partial charge in [-0.15, -0.1) is 0 Å². The Labute approximate surface area is 123 Å². The Kier molecular flexibility index (Phi) is 6.69. The van der Waals surface area contributed by atoms with E-state index < -0.39 is 34.7 Å². The maximum absolute atomic E-state index is 11.7. The first-order chi connectivity index (χ1) is 9.38. The summed E-state index contributed by atoms with van der Waals surface area (Å²) in [5.74, 6) is -2.81. The molecule has 0 unspecified atom stereocenters. The number of hydrogen-bond acceptors (Lipinski definition) is 7. The molecular formula is C14H22O7. The summed E-state index contributed by atoms with van der Waals surface area (Å²) >= 11 is 0. The van der Waals surface area contributed by atoms with Crippen LogP contribution < -0.4 is 0 Å². The lowest BCUT2D eigenvalue weighted by molar-refractivity contribution is -0.169. The van der Waals surface area contributed by atoms with Gasteiger partial charge in [-0.1, -0.05) is 0 Å². The van der Waals surface area contributed by atoms with Crippen molar-refractivity contribution in [1.29, 1.82) is 0 Å². The van der Waals surface area contributed by atoms with E-state index in [9.17, 15) is 19.2 Å². The Hall–Kier alpha value is -1.76. The third-order valence-electron chi connectivity index (χ3n) is 2.50. The number of carbonyl (C=O) groups is 4. The second kappa shape index (κ2) is 7.31. The van der Waals surface area contributed by atoms with Crippen molar-refractivity contribution in [3.8, 4) is 0 Å². The zero-order chi connectivity index (χ0) is 16.8. The fourth-order valence-electron chi connectivity index (χ4n) is 1.22. The van der Waals surface area contributed by atoms with Gasteiger partial charge in [-0.2, -0.15) is 0 Å². The van der Waals surface area contributed by atoms with Gasteiger partial charge in [-0.3, -0.25) is 19.2 Å². The van der Waals surface area contributed by atoms with Gasteiger partial charge in [0.1, 0.15) is 0 Å². The van der Waals surface area contributed by atoms with Crippen molar-refractivity contribution in [2.24, 2.45) is 10.8 Å². The van der Waals surface area contributed by atoms with E-state index in [0.29, 0.717) is 0 Å². The first-order valence-corrected chi connectivity index (χ1v) is 6.42. The zero-order valence-corrected chi connectivity index (χ0v) is 13.3. The maximum Gasteiger partial charge on any atom is 0.321 e.